The summed E-state index contributed by atoms with van der Waals surface area (Å²) in [6.07, 6.45) is 2.72. The molecule has 0 radical (unpaired) electrons. The topological polar surface area (TPSA) is 85.4 Å². The fourth-order valence-corrected chi connectivity index (χ4v) is 4.09. The highest BCUT2D eigenvalue weighted by Gasteiger charge is 2.18. The molecule has 0 saturated heterocycles. The van der Waals surface area contributed by atoms with Gasteiger partial charge in [0.1, 0.15) is 23.0 Å². The molecule has 0 aliphatic heterocycles. The maximum absolute atomic E-state index is 14.5. The molecule has 7 nitrogen and oxygen atoms in total. The van der Waals surface area contributed by atoms with E-state index >= 15 is 0 Å². The Hall–Kier alpha value is -4.17. The van der Waals surface area contributed by atoms with Crippen molar-refractivity contribution in [2.45, 2.75) is 6.92 Å². The Balaban J connectivity index is 1.72. The molecule has 0 unspecified atom stereocenters. The van der Waals surface area contributed by atoms with Gasteiger partial charge in [0.2, 0.25) is 11.9 Å². The normalized spacial score (nSPS) is 10.7. The number of rotatable bonds is 7. The molecule has 0 aliphatic carbocycles. The second kappa shape index (κ2) is 9.99. The number of carbonyl (C=O) groups excluding carboxylic acids is 1. The second-order valence-corrected chi connectivity index (χ2v) is 7.92. The van der Waals surface area contributed by atoms with Crippen molar-refractivity contribution in [2.24, 2.45) is 0 Å². The Kier molecular flexibility index (Phi) is 6.84. The van der Waals surface area contributed by atoms with E-state index in [2.05, 4.69) is 27.2 Å². The smallest absolute Gasteiger partial charge is 0.247 e. The Morgan fingerprint density at radius 3 is 2.63 bits per heavy atom. The summed E-state index contributed by atoms with van der Waals surface area (Å²) in [6, 6.07) is 11.7. The van der Waals surface area contributed by atoms with Crippen LogP contribution in [0.5, 0.6) is 11.5 Å². The van der Waals surface area contributed by atoms with Crippen molar-refractivity contribution in [1.29, 1.82) is 0 Å². The zero-order valence-electron chi connectivity index (χ0n) is 19.3. The number of amides is 1. The summed E-state index contributed by atoms with van der Waals surface area (Å²) >= 11 is 6.63. The number of halogens is 2. The van der Waals surface area contributed by atoms with Crippen molar-refractivity contribution in [2.75, 3.05) is 24.9 Å². The first-order chi connectivity index (χ1) is 16.9. The van der Waals surface area contributed by atoms with Crippen LogP contribution >= 0.6 is 11.6 Å². The third-order valence-corrected chi connectivity index (χ3v) is 5.82. The minimum absolute atomic E-state index is 0.0459. The number of nitrogens with zero attached hydrogens (tertiary/aromatic N) is 2. The SMILES string of the molecule is C=CC(=O)Nc1cccc(F)c1Nc1ncc2cc(-c3c(C)c(OC)cc(OC)c3Cl)ccc2n1. The maximum Gasteiger partial charge on any atom is 0.247 e. The van der Waals surface area contributed by atoms with Gasteiger partial charge in [0.15, 0.2) is 0 Å². The highest BCUT2D eigenvalue weighted by atomic mass is 35.5. The summed E-state index contributed by atoms with van der Waals surface area (Å²) in [7, 11) is 3.14. The van der Waals surface area contributed by atoms with Crippen LogP contribution in [0.15, 0.2) is 61.3 Å². The number of hydrogen-bond donors (Lipinski definition) is 2. The van der Waals surface area contributed by atoms with E-state index < -0.39 is 11.7 Å². The van der Waals surface area contributed by atoms with Gasteiger partial charge in [-0.1, -0.05) is 30.3 Å². The van der Waals surface area contributed by atoms with Crippen molar-refractivity contribution in [1.82, 2.24) is 9.97 Å². The number of anilines is 3. The first-order valence-electron chi connectivity index (χ1n) is 10.5. The van der Waals surface area contributed by atoms with Crippen LogP contribution in [0.25, 0.3) is 22.0 Å². The minimum Gasteiger partial charge on any atom is -0.496 e. The molecule has 0 aliphatic rings. The van der Waals surface area contributed by atoms with Crippen LogP contribution in [-0.4, -0.2) is 30.1 Å². The number of carbonyl (C=O) groups is 1. The van der Waals surface area contributed by atoms with Crippen LogP contribution in [0.1, 0.15) is 5.56 Å². The van der Waals surface area contributed by atoms with E-state index in [9.17, 15) is 9.18 Å². The fourth-order valence-electron chi connectivity index (χ4n) is 3.71. The lowest BCUT2D eigenvalue weighted by molar-refractivity contribution is -0.111. The standard InChI is InChI=1S/C26H22ClFN4O3/c1-5-22(33)30-19-8-6-7-17(28)25(19)32-26-29-13-16-11-15(9-10-18(16)31-26)23-14(2)20(34-3)12-21(35-4)24(23)27/h5-13H,1H2,2-4H3,(H,30,33)(H,29,31,32). The molecule has 1 heterocycles. The first-order valence-corrected chi connectivity index (χ1v) is 10.9. The van der Waals surface area contributed by atoms with Gasteiger partial charge >= 0.3 is 0 Å². The summed E-state index contributed by atoms with van der Waals surface area (Å²) in [4.78, 5) is 20.5. The quantitative estimate of drug-likeness (QED) is 0.295. The van der Waals surface area contributed by atoms with Gasteiger partial charge in [-0.15, -0.1) is 0 Å². The molecule has 35 heavy (non-hydrogen) atoms. The Labute approximate surface area is 206 Å². The number of methoxy groups -OCH3 is 2. The van der Waals surface area contributed by atoms with Crippen molar-refractivity contribution >= 4 is 45.7 Å². The molecule has 0 fully saturated rings. The van der Waals surface area contributed by atoms with Gasteiger partial charge in [-0.3, -0.25) is 4.79 Å². The lowest BCUT2D eigenvalue weighted by atomic mass is 9.98. The van der Waals surface area contributed by atoms with Crippen LogP contribution in [-0.2, 0) is 4.79 Å². The third kappa shape index (κ3) is 4.74. The molecule has 1 amide bonds. The molecule has 0 bridgehead atoms. The van der Waals surface area contributed by atoms with E-state index in [0.717, 1.165) is 28.2 Å². The summed E-state index contributed by atoms with van der Waals surface area (Å²) in [5, 5.41) is 6.64. The summed E-state index contributed by atoms with van der Waals surface area (Å²) in [5.41, 5.74) is 3.40. The number of nitrogens with one attached hydrogen (secondary N) is 2. The number of aromatic nitrogens is 2. The number of para-hydroxylation sites is 1. The van der Waals surface area contributed by atoms with Gasteiger partial charge < -0.3 is 20.1 Å². The van der Waals surface area contributed by atoms with Gasteiger partial charge in [0, 0.05) is 28.8 Å². The molecule has 1 aromatic heterocycles. The van der Waals surface area contributed by atoms with E-state index in [1.165, 1.54) is 12.1 Å². The van der Waals surface area contributed by atoms with Crippen molar-refractivity contribution in [3.05, 3.63) is 77.7 Å². The number of benzene rings is 3. The highest BCUT2D eigenvalue weighted by molar-refractivity contribution is 6.35. The monoisotopic (exact) mass is 492 g/mol. The van der Waals surface area contributed by atoms with Crippen molar-refractivity contribution in [3.8, 4) is 22.6 Å². The Bertz CT molecular complexity index is 1430. The molecule has 4 aromatic rings. The van der Waals surface area contributed by atoms with E-state index in [1.807, 2.05) is 25.1 Å². The van der Waals surface area contributed by atoms with Crippen LogP contribution < -0.4 is 20.1 Å². The lowest BCUT2D eigenvalue weighted by Gasteiger charge is -2.16. The molecule has 9 heteroatoms. The first kappa shape index (κ1) is 24.0. The van der Waals surface area contributed by atoms with E-state index in [-0.39, 0.29) is 17.3 Å². The average Bonchev–Trinajstić information content (AvgIpc) is 2.86. The molecule has 4 rings (SSSR count). The summed E-state index contributed by atoms with van der Waals surface area (Å²) < 4.78 is 25.4. The minimum atomic E-state index is -0.567. The van der Waals surface area contributed by atoms with Crippen molar-refractivity contribution in [3.63, 3.8) is 0 Å². The predicted molar refractivity (Wildman–Crippen MR) is 136 cm³/mol. The largest absolute Gasteiger partial charge is 0.496 e. The lowest BCUT2D eigenvalue weighted by Crippen LogP contribution is -2.10. The molecular weight excluding hydrogens is 471 g/mol. The maximum atomic E-state index is 14.5. The van der Waals surface area contributed by atoms with Crippen LogP contribution in [0.4, 0.5) is 21.7 Å². The van der Waals surface area contributed by atoms with Gasteiger partial charge in [-0.2, -0.15) is 0 Å². The molecule has 178 valence electrons. The Morgan fingerprint density at radius 2 is 1.91 bits per heavy atom. The van der Waals surface area contributed by atoms with E-state index in [1.54, 1.807) is 32.5 Å². The highest BCUT2D eigenvalue weighted by Crippen LogP contribution is 2.43. The molecule has 0 spiro atoms. The number of ether oxygens (including phenoxy) is 2. The molecule has 3 aromatic carbocycles. The average molecular weight is 493 g/mol. The fraction of sp³-hybridized carbons (Fsp3) is 0.115. The molecule has 2 N–H and O–H groups in total. The third-order valence-electron chi connectivity index (χ3n) is 5.44. The summed E-state index contributed by atoms with van der Waals surface area (Å²) in [6.45, 7) is 5.33. The Morgan fingerprint density at radius 1 is 1.14 bits per heavy atom. The predicted octanol–water partition coefficient (Wildman–Crippen LogP) is 6.28. The second-order valence-electron chi connectivity index (χ2n) is 7.54. The molecular formula is C26H22ClFN4O3. The number of fused-ring (bicyclic) bond motifs is 1. The zero-order chi connectivity index (χ0) is 25.1. The molecule has 0 atom stereocenters. The van der Waals surface area contributed by atoms with E-state index in [4.69, 9.17) is 21.1 Å². The van der Waals surface area contributed by atoms with Crippen LogP contribution in [0.2, 0.25) is 5.02 Å². The van der Waals surface area contributed by atoms with E-state index in [0.29, 0.717) is 22.0 Å². The van der Waals surface area contributed by atoms with Gasteiger partial charge in [-0.25, -0.2) is 14.4 Å². The zero-order valence-corrected chi connectivity index (χ0v) is 20.0. The number of hydrogen-bond acceptors (Lipinski definition) is 6. The summed E-state index contributed by atoms with van der Waals surface area (Å²) in [5.74, 6) is 0.295. The van der Waals surface area contributed by atoms with Crippen LogP contribution in [0.3, 0.4) is 0 Å². The van der Waals surface area contributed by atoms with Gasteiger partial charge in [-0.05, 0) is 42.8 Å². The van der Waals surface area contributed by atoms with Gasteiger partial charge in [0.05, 0.1) is 30.4 Å². The van der Waals surface area contributed by atoms with Crippen LogP contribution in [0, 0.1) is 12.7 Å². The molecule has 0 saturated carbocycles. The van der Waals surface area contributed by atoms with Gasteiger partial charge in [0.25, 0.3) is 0 Å². The van der Waals surface area contributed by atoms with Crippen molar-refractivity contribution < 1.29 is 18.7 Å².